The smallest absolute Gasteiger partial charge is 1.00 e. The number of nitrogens with zero attached hydrogens (tertiary/aromatic N) is 2. The van der Waals surface area contributed by atoms with Crippen molar-refractivity contribution in [1.29, 1.82) is 0 Å². The van der Waals surface area contributed by atoms with Gasteiger partial charge in [0.25, 0.3) is 0 Å². The van der Waals surface area contributed by atoms with Gasteiger partial charge in [-0.3, -0.25) is 0 Å². The Kier molecular flexibility index (Phi) is 8.18. The molecule has 1 amide bonds. The molecule has 0 aliphatic heterocycles. The Bertz CT molecular complexity index is 711. The van der Waals surface area contributed by atoms with E-state index in [-0.39, 0.29) is 43.3 Å². The number of carbonyl (C=O) groups is 2. The van der Waals surface area contributed by atoms with Crippen LogP contribution in [0.5, 0.6) is 0 Å². The van der Waals surface area contributed by atoms with E-state index in [1.807, 2.05) is 30.3 Å². The molecule has 0 unspecified atom stereocenters. The van der Waals surface area contributed by atoms with Crippen LogP contribution in [0.1, 0.15) is 12.6 Å². The third-order valence-corrected chi connectivity index (χ3v) is 2.97. The maximum atomic E-state index is 11.9. The molecule has 24 heavy (non-hydrogen) atoms. The van der Waals surface area contributed by atoms with Crippen molar-refractivity contribution < 1.29 is 50.4 Å². The first-order chi connectivity index (χ1) is 11.1. The summed E-state index contributed by atoms with van der Waals surface area (Å²) in [6.45, 7) is 0.0906. The van der Waals surface area contributed by atoms with E-state index >= 15 is 0 Å². The van der Waals surface area contributed by atoms with Gasteiger partial charge < -0.3 is 11.3 Å². The number of hydrogen-bond acceptors (Lipinski definition) is 4. The third-order valence-electron chi connectivity index (χ3n) is 2.97. The molecular formula is C17H17N2NaO4. The van der Waals surface area contributed by atoms with Gasteiger partial charge in [0.15, 0.2) is 5.71 Å². The summed E-state index contributed by atoms with van der Waals surface area (Å²) in [7, 11) is 1.35. The largest absolute Gasteiger partial charge is 1.00 e. The van der Waals surface area contributed by atoms with Crippen LogP contribution in [0.25, 0.3) is 0 Å². The molecule has 0 radical (unpaired) electrons. The molecule has 0 bridgehead atoms. The molecule has 7 heteroatoms. The Morgan fingerprint density at radius 2 is 1.62 bits per heavy atom. The summed E-state index contributed by atoms with van der Waals surface area (Å²) >= 11 is 0. The van der Waals surface area contributed by atoms with E-state index in [0.29, 0.717) is 5.56 Å². The van der Waals surface area contributed by atoms with Gasteiger partial charge in [-0.25, -0.2) is 14.6 Å². The van der Waals surface area contributed by atoms with Gasteiger partial charge in [-0.1, -0.05) is 60.7 Å². The maximum Gasteiger partial charge on any atom is 1.00 e. The molecule has 6 nitrogen and oxygen atoms in total. The quantitative estimate of drug-likeness (QED) is 0.468. The minimum absolute atomic E-state index is 0. The number of hydrogen-bond donors (Lipinski definition) is 1. The van der Waals surface area contributed by atoms with Gasteiger partial charge in [-0.2, -0.15) is 5.10 Å². The van der Waals surface area contributed by atoms with Crippen molar-refractivity contribution in [2.45, 2.75) is 6.61 Å². The van der Waals surface area contributed by atoms with E-state index < -0.39 is 12.1 Å². The number of rotatable bonds is 5. The molecule has 2 aromatic carbocycles. The van der Waals surface area contributed by atoms with Crippen molar-refractivity contribution >= 4 is 17.8 Å². The Balaban J connectivity index is 0.00000288. The second kappa shape index (κ2) is 9.87. The van der Waals surface area contributed by atoms with E-state index in [1.54, 1.807) is 30.3 Å². The zero-order valence-corrected chi connectivity index (χ0v) is 15.5. The Morgan fingerprint density at radius 1 is 1.08 bits per heavy atom. The topological polar surface area (TPSA) is 79.2 Å². The van der Waals surface area contributed by atoms with Crippen LogP contribution in [0.15, 0.2) is 65.8 Å². The first-order valence-corrected chi connectivity index (χ1v) is 6.89. The first-order valence-electron chi connectivity index (χ1n) is 6.89. The van der Waals surface area contributed by atoms with E-state index in [4.69, 9.17) is 4.74 Å². The fraction of sp³-hybridized carbons (Fsp3) is 0.118. The van der Waals surface area contributed by atoms with Crippen LogP contribution < -0.4 is 29.6 Å². The van der Waals surface area contributed by atoms with E-state index in [1.165, 1.54) is 7.05 Å². The summed E-state index contributed by atoms with van der Waals surface area (Å²) < 4.78 is 5.09. The summed E-state index contributed by atoms with van der Waals surface area (Å²) in [5.74, 6) is -1.22. The van der Waals surface area contributed by atoms with Gasteiger partial charge in [-0.15, -0.1) is 0 Å². The Morgan fingerprint density at radius 3 is 2.17 bits per heavy atom. The molecule has 0 saturated heterocycles. The summed E-state index contributed by atoms with van der Waals surface area (Å²) in [6, 6.07) is 17.6. The van der Waals surface area contributed by atoms with Crippen LogP contribution in [0.3, 0.4) is 0 Å². The van der Waals surface area contributed by atoms with Crippen molar-refractivity contribution in [2.75, 3.05) is 7.05 Å². The summed E-state index contributed by atoms with van der Waals surface area (Å²) in [6.07, 6.45) is -0.733. The fourth-order valence-electron chi connectivity index (χ4n) is 1.82. The minimum Gasteiger partial charge on any atom is -1.00 e. The van der Waals surface area contributed by atoms with E-state index in [9.17, 15) is 14.7 Å². The molecule has 0 aromatic heterocycles. The van der Waals surface area contributed by atoms with Crippen molar-refractivity contribution in [3.8, 4) is 0 Å². The summed E-state index contributed by atoms with van der Waals surface area (Å²) in [4.78, 5) is 23.2. The normalized spacial score (nSPS) is 10.5. The standard InChI is InChI=1S/C17H16N2O4.Na.H/c1-19(17(22)23-12-13-8-4-2-5-9-13)18-15(16(20)21)14-10-6-3-7-11-14;;/h2-11H,12H2,1H3,(H,20,21);;/q;+1;-1/b18-15-;;. The van der Waals surface area contributed by atoms with Crippen LogP contribution in [-0.2, 0) is 16.1 Å². The molecule has 0 fully saturated rings. The van der Waals surface area contributed by atoms with Crippen molar-refractivity contribution in [3.63, 3.8) is 0 Å². The number of aliphatic carboxylic acids is 1. The molecule has 0 aliphatic carbocycles. The predicted octanol–water partition coefficient (Wildman–Crippen LogP) is -0.140. The first kappa shape index (κ1) is 19.9. The molecule has 0 heterocycles. The minimum atomic E-state index is -1.22. The van der Waals surface area contributed by atoms with Crippen molar-refractivity contribution in [2.24, 2.45) is 5.10 Å². The third kappa shape index (κ3) is 5.81. The number of benzene rings is 2. The fourth-order valence-corrected chi connectivity index (χ4v) is 1.82. The van der Waals surface area contributed by atoms with Gasteiger partial charge in [0.05, 0.1) is 0 Å². The zero-order valence-electron chi connectivity index (χ0n) is 14.5. The summed E-state index contributed by atoms with van der Waals surface area (Å²) in [5, 5.41) is 14.0. The van der Waals surface area contributed by atoms with Gasteiger partial charge >= 0.3 is 41.6 Å². The SMILES string of the molecule is CN(/N=C(\C(=O)O)c1ccccc1)C(=O)OCc1ccccc1.[H-].[Na+]. The second-order valence-corrected chi connectivity index (χ2v) is 4.68. The number of hydrazone groups is 1. The summed E-state index contributed by atoms with van der Waals surface area (Å²) in [5.41, 5.74) is 1.01. The van der Waals surface area contributed by atoms with Gasteiger partial charge in [-0.05, 0) is 5.56 Å². The van der Waals surface area contributed by atoms with E-state index in [0.717, 1.165) is 10.6 Å². The predicted molar refractivity (Wildman–Crippen MR) is 86.1 cm³/mol. The second-order valence-electron chi connectivity index (χ2n) is 4.68. The van der Waals surface area contributed by atoms with Crippen LogP contribution in [-0.4, -0.2) is 34.9 Å². The number of carbonyl (C=O) groups excluding carboxylic acids is 1. The molecule has 0 spiro atoms. The van der Waals surface area contributed by atoms with E-state index in [2.05, 4.69) is 5.10 Å². The Labute approximate surface area is 163 Å². The molecular weight excluding hydrogens is 319 g/mol. The molecule has 0 aliphatic rings. The number of carboxylic acids is 1. The van der Waals surface area contributed by atoms with Crippen LogP contribution in [0, 0.1) is 0 Å². The molecule has 2 aromatic rings. The van der Waals surface area contributed by atoms with Gasteiger partial charge in [0.2, 0.25) is 0 Å². The number of amides is 1. The zero-order chi connectivity index (χ0) is 16.7. The molecule has 120 valence electrons. The monoisotopic (exact) mass is 336 g/mol. The number of ether oxygens (including phenoxy) is 1. The average Bonchev–Trinajstić information content (AvgIpc) is 2.58. The molecule has 2 rings (SSSR count). The van der Waals surface area contributed by atoms with Crippen LogP contribution in [0.4, 0.5) is 4.79 Å². The van der Waals surface area contributed by atoms with Gasteiger partial charge in [0, 0.05) is 12.6 Å². The van der Waals surface area contributed by atoms with Crippen molar-refractivity contribution in [3.05, 3.63) is 71.8 Å². The average molecular weight is 336 g/mol. The molecule has 0 atom stereocenters. The molecule has 0 saturated carbocycles. The maximum absolute atomic E-state index is 11.9. The van der Waals surface area contributed by atoms with Gasteiger partial charge in [0.1, 0.15) is 6.61 Å². The number of carboxylic acid groups (broad SMARTS) is 1. The van der Waals surface area contributed by atoms with Crippen LogP contribution in [0.2, 0.25) is 0 Å². The Hall–Kier alpha value is -2.15. The molecule has 1 N–H and O–H groups in total. The van der Waals surface area contributed by atoms with Crippen LogP contribution >= 0.6 is 0 Å². The van der Waals surface area contributed by atoms with Crippen molar-refractivity contribution in [1.82, 2.24) is 5.01 Å².